The van der Waals surface area contributed by atoms with Crippen LogP contribution in [0.5, 0.6) is 0 Å². The van der Waals surface area contributed by atoms with Crippen molar-refractivity contribution in [1.29, 1.82) is 0 Å². The second-order valence-electron chi connectivity index (χ2n) is 5.07. The summed E-state index contributed by atoms with van der Waals surface area (Å²) in [4.78, 5) is 12.1. The van der Waals surface area contributed by atoms with E-state index in [0.717, 1.165) is 17.8 Å². The number of carbonyl (C=O) groups is 1. The van der Waals surface area contributed by atoms with Gasteiger partial charge in [0.1, 0.15) is 0 Å². The van der Waals surface area contributed by atoms with Crippen molar-refractivity contribution in [3.63, 3.8) is 0 Å². The number of carbonyl (C=O) groups excluding carboxylic acids is 1. The number of amides is 1. The fourth-order valence-corrected chi connectivity index (χ4v) is 2.04. The van der Waals surface area contributed by atoms with Gasteiger partial charge in [-0.25, -0.2) is 0 Å². The van der Waals surface area contributed by atoms with Gasteiger partial charge in [-0.05, 0) is 31.5 Å². The zero-order valence-corrected chi connectivity index (χ0v) is 12.3. The third-order valence-electron chi connectivity index (χ3n) is 3.37. The summed E-state index contributed by atoms with van der Waals surface area (Å²) in [6.45, 7) is 6.49. The summed E-state index contributed by atoms with van der Waals surface area (Å²) in [5.41, 5.74) is 4.34. The minimum Gasteiger partial charge on any atom is -0.321 e. The molecule has 0 aliphatic carbocycles. The summed E-state index contributed by atoms with van der Waals surface area (Å²) < 4.78 is 1.99. The average molecular weight is 269 g/mol. The van der Waals surface area contributed by atoms with Crippen LogP contribution in [-0.4, -0.2) is 5.91 Å². The summed E-state index contributed by atoms with van der Waals surface area (Å²) in [5.74, 6) is -0.00444. The van der Waals surface area contributed by atoms with E-state index in [1.54, 1.807) is 0 Å². The highest BCUT2D eigenvalue weighted by Crippen LogP contribution is 2.08. The van der Waals surface area contributed by atoms with Gasteiger partial charge in [-0.2, -0.15) is 4.57 Å². The average Bonchev–Trinajstić information content (AvgIpc) is 2.44. The van der Waals surface area contributed by atoms with Gasteiger partial charge < -0.3 is 5.32 Å². The molecule has 0 saturated carbocycles. The minimum atomic E-state index is -0.00444. The van der Waals surface area contributed by atoms with E-state index in [4.69, 9.17) is 0 Å². The van der Waals surface area contributed by atoms with Gasteiger partial charge in [-0.15, -0.1) is 0 Å². The molecule has 104 valence electrons. The Morgan fingerprint density at radius 3 is 2.45 bits per heavy atom. The van der Waals surface area contributed by atoms with Crippen LogP contribution < -0.4 is 9.88 Å². The lowest BCUT2D eigenvalue weighted by Crippen LogP contribution is -2.43. The summed E-state index contributed by atoms with van der Waals surface area (Å²) in [6.07, 6.45) is 3.02. The molecule has 3 nitrogen and oxygen atoms in total. The third-order valence-corrected chi connectivity index (χ3v) is 3.37. The summed E-state index contributed by atoms with van der Waals surface area (Å²) in [5, 5.41) is 2.92. The van der Waals surface area contributed by atoms with E-state index in [2.05, 4.69) is 24.4 Å². The molecule has 0 aliphatic heterocycles. The first-order valence-corrected chi connectivity index (χ1v) is 6.94. The number of rotatable bonds is 4. The standard InChI is InChI=1S/C17H20N2O/c1-4-15-8-7-14(3)19(11-15)12-17(20)18-16-9-5-13(2)6-10-16/h5-11H,4,12H2,1-3H3/p+1. The van der Waals surface area contributed by atoms with Crippen LogP contribution in [-0.2, 0) is 17.8 Å². The lowest BCUT2D eigenvalue weighted by Gasteiger charge is -2.05. The van der Waals surface area contributed by atoms with Crippen LogP contribution in [0.1, 0.15) is 23.7 Å². The Kier molecular flexibility index (Phi) is 4.51. The number of aromatic nitrogens is 1. The zero-order chi connectivity index (χ0) is 14.5. The van der Waals surface area contributed by atoms with Crippen molar-refractivity contribution in [2.45, 2.75) is 33.7 Å². The molecule has 1 heterocycles. The number of hydrogen-bond acceptors (Lipinski definition) is 1. The fraction of sp³-hybridized carbons (Fsp3) is 0.294. The van der Waals surface area contributed by atoms with E-state index in [1.807, 2.05) is 48.9 Å². The van der Waals surface area contributed by atoms with E-state index < -0.39 is 0 Å². The van der Waals surface area contributed by atoms with E-state index in [9.17, 15) is 4.79 Å². The zero-order valence-electron chi connectivity index (χ0n) is 12.3. The van der Waals surface area contributed by atoms with Gasteiger partial charge in [0.05, 0.1) is 0 Å². The van der Waals surface area contributed by atoms with Gasteiger partial charge in [0.2, 0.25) is 6.54 Å². The van der Waals surface area contributed by atoms with Crippen molar-refractivity contribution >= 4 is 11.6 Å². The lowest BCUT2D eigenvalue weighted by molar-refractivity contribution is -0.690. The van der Waals surface area contributed by atoms with Gasteiger partial charge in [-0.1, -0.05) is 24.6 Å². The number of benzene rings is 1. The number of pyridine rings is 1. The highest BCUT2D eigenvalue weighted by atomic mass is 16.1. The molecule has 0 fully saturated rings. The van der Waals surface area contributed by atoms with Crippen LogP contribution in [0.4, 0.5) is 5.69 Å². The lowest BCUT2D eigenvalue weighted by atomic mass is 10.2. The summed E-state index contributed by atoms with van der Waals surface area (Å²) >= 11 is 0. The number of aryl methyl sites for hydroxylation is 3. The van der Waals surface area contributed by atoms with Crippen molar-refractivity contribution in [2.75, 3.05) is 5.32 Å². The quantitative estimate of drug-likeness (QED) is 0.851. The van der Waals surface area contributed by atoms with E-state index in [-0.39, 0.29) is 5.91 Å². The Bertz CT molecular complexity index is 603. The maximum atomic E-state index is 12.1. The second-order valence-corrected chi connectivity index (χ2v) is 5.07. The topological polar surface area (TPSA) is 33.0 Å². The Morgan fingerprint density at radius 2 is 1.80 bits per heavy atom. The molecule has 1 aromatic heterocycles. The minimum absolute atomic E-state index is 0.00444. The molecule has 0 radical (unpaired) electrons. The van der Waals surface area contributed by atoms with Crippen molar-refractivity contribution in [2.24, 2.45) is 0 Å². The summed E-state index contributed by atoms with van der Waals surface area (Å²) in [7, 11) is 0. The maximum absolute atomic E-state index is 12.1. The van der Waals surface area contributed by atoms with E-state index >= 15 is 0 Å². The van der Waals surface area contributed by atoms with Gasteiger partial charge >= 0.3 is 0 Å². The first-order chi connectivity index (χ1) is 9.58. The maximum Gasteiger partial charge on any atom is 0.290 e. The predicted octanol–water partition coefficient (Wildman–Crippen LogP) is 2.79. The van der Waals surface area contributed by atoms with Gasteiger partial charge in [0.15, 0.2) is 11.9 Å². The Morgan fingerprint density at radius 1 is 1.10 bits per heavy atom. The molecule has 0 spiro atoms. The number of nitrogens with one attached hydrogen (secondary N) is 1. The highest BCUT2D eigenvalue weighted by molar-refractivity contribution is 5.89. The molecule has 0 bridgehead atoms. The molecule has 1 amide bonds. The molecule has 2 aromatic rings. The number of hydrogen-bond donors (Lipinski definition) is 1. The second kappa shape index (κ2) is 6.33. The first kappa shape index (κ1) is 14.3. The van der Waals surface area contributed by atoms with Gasteiger partial charge in [-0.3, -0.25) is 4.79 Å². The van der Waals surface area contributed by atoms with Gasteiger partial charge in [0.25, 0.3) is 5.91 Å². The predicted molar refractivity (Wildman–Crippen MR) is 80.6 cm³/mol. The molecule has 0 unspecified atom stereocenters. The summed E-state index contributed by atoms with van der Waals surface area (Å²) in [6, 6.07) is 12.0. The van der Waals surface area contributed by atoms with Crippen molar-refractivity contribution in [3.05, 3.63) is 59.4 Å². The first-order valence-electron chi connectivity index (χ1n) is 6.94. The molecular weight excluding hydrogens is 248 g/mol. The van der Waals surface area contributed by atoms with Crippen LogP contribution >= 0.6 is 0 Å². The fourth-order valence-electron chi connectivity index (χ4n) is 2.04. The molecular formula is C17H21N2O+. The molecule has 1 N–H and O–H groups in total. The molecule has 3 heteroatoms. The van der Waals surface area contributed by atoms with Crippen LogP contribution in [0, 0.1) is 13.8 Å². The Labute approximate surface area is 120 Å². The van der Waals surface area contributed by atoms with Crippen LogP contribution in [0.15, 0.2) is 42.6 Å². The van der Waals surface area contributed by atoms with Crippen LogP contribution in [0.3, 0.4) is 0 Å². The van der Waals surface area contributed by atoms with Crippen molar-refractivity contribution in [1.82, 2.24) is 0 Å². The Hall–Kier alpha value is -2.16. The van der Waals surface area contributed by atoms with Crippen LogP contribution in [0.2, 0.25) is 0 Å². The smallest absolute Gasteiger partial charge is 0.290 e. The Balaban J connectivity index is 2.06. The van der Waals surface area contributed by atoms with Gasteiger partial charge in [0, 0.05) is 24.2 Å². The van der Waals surface area contributed by atoms with Crippen molar-refractivity contribution in [3.8, 4) is 0 Å². The normalized spacial score (nSPS) is 10.3. The molecule has 2 rings (SSSR count). The van der Waals surface area contributed by atoms with Crippen molar-refractivity contribution < 1.29 is 9.36 Å². The van der Waals surface area contributed by atoms with Crippen LogP contribution in [0.25, 0.3) is 0 Å². The van der Waals surface area contributed by atoms with E-state index in [0.29, 0.717) is 6.54 Å². The largest absolute Gasteiger partial charge is 0.321 e. The number of nitrogens with zero attached hydrogens (tertiary/aromatic N) is 1. The number of anilines is 1. The third kappa shape index (κ3) is 3.67. The molecule has 1 aromatic carbocycles. The molecule has 0 saturated heterocycles. The molecule has 0 atom stereocenters. The highest BCUT2D eigenvalue weighted by Gasteiger charge is 2.13. The SMILES string of the molecule is CCc1ccc(C)[n+](CC(=O)Nc2ccc(C)cc2)c1. The monoisotopic (exact) mass is 269 g/mol. The van der Waals surface area contributed by atoms with E-state index in [1.165, 1.54) is 11.1 Å². The molecule has 0 aliphatic rings. The molecule has 20 heavy (non-hydrogen) atoms.